The van der Waals surface area contributed by atoms with Gasteiger partial charge in [-0.15, -0.1) is 0 Å². The molecule has 2 aromatic rings. The number of carbonyl (C=O) groups excluding carboxylic acids is 1. The van der Waals surface area contributed by atoms with Crippen LogP contribution in [0.5, 0.6) is 0 Å². The van der Waals surface area contributed by atoms with Gasteiger partial charge in [0.2, 0.25) is 15.9 Å². The highest BCUT2D eigenvalue weighted by atomic mass is 32.2. The molecule has 1 amide bonds. The minimum Gasteiger partial charge on any atom is -0.351 e. The Morgan fingerprint density at radius 3 is 2.26 bits per heavy atom. The normalized spacial score (nSPS) is 16.1. The number of benzene rings is 2. The van der Waals surface area contributed by atoms with E-state index in [0.29, 0.717) is 24.1 Å². The molecule has 9 heteroatoms. The summed E-state index contributed by atoms with van der Waals surface area (Å²) in [6.45, 7) is 3.87. The van der Waals surface area contributed by atoms with E-state index in [-0.39, 0.29) is 24.3 Å². The second-order valence-electron chi connectivity index (χ2n) is 8.21. The molecule has 1 saturated carbocycles. The molecular weight excluding hydrogens is 436 g/mol. The zero-order valence-electron chi connectivity index (χ0n) is 17.9. The van der Waals surface area contributed by atoms with Gasteiger partial charge in [-0.2, -0.15) is 0 Å². The Morgan fingerprint density at radius 2 is 1.65 bits per heavy atom. The first-order chi connectivity index (χ1) is 14.4. The van der Waals surface area contributed by atoms with Crippen molar-refractivity contribution in [1.82, 2.24) is 5.32 Å². The smallest absolute Gasteiger partial charge is 0.242 e. The molecule has 1 fully saturated rings. The maximum Gasteiger partial charge on any atom is 0.242 e. The van der Waals surface area contributed by atoms with Gasteiger partial charge >= 0.3 is 0 Å². The fraction of sp³-hybridized carbons (Fsp3) is 0.409. The number of nitrogens with one attached hydrogen (secondary N) is 2. The van der Waals surface area contributed by atoms with Crippen LogP contribution in [0, 0.1) is 13.8 Å². The van der Waals surface area contributed by atoms with Crippen molar-refractivity contribution in [2.45, 2.75) is 55.7 Å². The van der Waals surface area contributed by atoms with Crippen LogP contribution in [0.1, 0.15) is 42.4 Å². The minimum atomic E-state index is -3.88. The summed E-state index contributed by atoms with van der Waals surface area (Å²) in [5.74, 6) is -0.510. The Hall–Kier alpha value is -2.39. The number of aryl methyl sites for hydroxylation is 2. The molecule has 0 heterocycles. The highest BCUT2D eigenvalue weighted by Crippen LogP contribution is 2.41. The first-order valence-electron chi connectivity index (χ1n) is 10.1. The fourth-order valence-electron chi connectivity index (χ4n) is 3.97. The molecule has 0 bridgehead atoms. The van der Waals surface area contributed by atoms with Gasteiger partial charge < -0.3 is 5.32 Å². The number of hydrogen-bond acceptors (Lipinski definition) is 5. The number of rotatable bonds is 7. The van der Waals surface area contributed by atoms with Gasteiger partial charge in [0.25, 0.3) is 0 Å². The van der Waals surface area contributed by atoms with E-state index in [2.05, 4.69) is 10.0 Å². The topological polar surface area (TPSA) is 109 Å². The molecule has 0 aromatic heterocycles. The number of sulfone groups is 1. The van der Waals surface area contributed by atoms with Gasteiger partial charge in [0.05, 0.1) is 11.2 Å². The highest BCUT2D eigenvalue weighted by Gasteiger charge is 2.52. The van der Waals surface area contributed by atoms with E-state index in [4.69, 9.17) is 0 Å². The lowest BCUT2D eigenvalue weighted by atomic mass is 10.1. The van der Waals surface area contributed by atoms with Gasteiger partial charge in [0, 0.05) is 12.2 Å². The molecule has 1 aliphatic rings. The van der Waals surface area contributed by atoms with Crippen LogP contribution in [0.25, 0.3) is 0 Å². The van der Waals surface area contributed by atoms with E-state index in [1.165, 1.54) is 0 Å². The largest absolute Gasteiger partial charge is 0.351 e. The first kappa shape index (κ1) is 23.3. The van der Waals surface area contributed by atoms with E-state index in [1.54, 1.807) is 42.5 Å². The monoisotopic (exact) mass is 464 g/mol. The summed E-state index contributed by atoms with van der Waals surface area (Å²) in [6, 6.07) is 11.6. The van der Waals surface area contributed by atoms with Crippen molar-refractivity contribution < 1.29 is 21.6 Å². The summed E-state index contributed by atoms with van der Waals surface area (Å²) in [6.07, 6.45) is 2.97. The highest BCUT2D eigenvalue weighted by molar-refractivity contribution is 7.93. The Labute approximate surface area is 184 Å². The first-order valence-corrected chi connectivity index (χ1v) is 13.5. The molecule has 0 radical (unpaired) electrons. The van der Waals surface area contributed by atoms with Crippen molar-refractivity contribution in [3.05, 3.63) is 59.2 Å². The molecule has 168 valence electrons. The maximum atomic E-state index is 13.5. The van der Waals surface area contributed by atoms with Crippen molar-refractivity contribution in [3.63, 3.8) is 0 Å². The van der Waals surface area contributed by atoms with Crippen molar-refractivity contribution in [2.24, 2.45) is 0 Å². The van der Waals surface area contributed by atoms with Gasteiger partial charge in [-0.3, -0.25) is 9.52 Å². The third-order valence-electron chi connectivity index (χ3n) is 5.81. The maximum absolute atomic E-state index is 13.5. The average Bonchev–Trinajstić information content (AvgIpc) is 3.19. The van der Waals surface area contributed by atoms with Crippen LogP contribution in [0.2, 0.25) is 0 Å². The van der Waals surface area contributed by atoms with Gasteiger partial charge in [0.15, 0.2) is 14.6 Å². The zero-order chi connectivity index (χ0) is 22.9. The lowest BCUT2D eigenvalue weighted by Crippen LogP contribution is -2.50. The van der Waals surface area contributed by atoms with Gasteiger partial charge in [-0.1, -0.05) is 31.0 Å². The second-order valence-corrected chi connectivity index (χ2v) is 12.2. The fourth-order valence-corrected chi connectivity index (χ4v) is 6.70. The van der Waals surface area contributed by atoms with Crippen molar-refractivity contribution in [1.29, 1.82) is 0 Å². The standard InChI is InChI=1S/C22H28N2O5S2/c1-16-9-10-20(13-17(16)2)31(28,29)22(11-4-5-12-22)21(25)23-15-18-7-6-8-19(14-18)24-30(3,26)27/h6-10,13-14,24H,4-5,11-12,15H2,1-3H3,(H,23,25). The van der Waals surface area contributed by atoms with E-state index in [9.17, 15) is 21.6 Å². The second kappa shape index (κ2) is 8.63. The minimum absolute atomic E-state index is 0.0995. The quantitative estimate of drug-likeness (QED) is 0.654. The Morgan fingerprint density at radius 1 is 0.968 bits per heavy atom. The lowest BCUT2D eigenvalue weighted by molar-refractivity contribution is -0.123. The van der Waals surface area contributed by atoms with Gasteiger partial charge in [-0.05, 0) is 67.6 Å². The van der Waals surface area contributed by atoms with Crippen LogP contribution in [0.4, 0.5) is 5.69 Å². The molecule has 0 spiro atoms. The SMILES string of the molecule is Cc1ccc(S(=O)(=O)C2(C(=O)NCc3cccc(NS(C)(=O)=O)c3)CCCC2)cc1C. The molecule has 0 aliphatic heterocycles. The molecule has 0 atom stereocenters. The van der Waals surface area contributed by atoms with E-state index in [0.717, 1.165) is 17.4 Å². The number of carbonyl (C=O) groups is 1. The number of sulfonamides is 1. The number of amides is 1. The number of hydrogen-bond donors (Lipinski definition) is 2. The van der Waals surface area contributed by atoms with E-state index < -0.39 is 30.5 Å². The van der Waals surface area contributed by atoms with Gasteiger partial charge in [0.1, 0.15) is 0 Å². The van der Waals surface area contributed by atoms with E-state index in [1.807, 2.05) is 13.8 Å². The van der Waals surface area contributed by atoms with Crippen LogP contribution in [-0.4, -0.2) is 33.7 Å². The summed E-state index contributed by atoms with van der Waals surface area (Å²) in [7, 11) is -7.30. The van der Waals surface area contributed by atoms with Crippen molar-refractivity contribution in [2.75, 3.05) is 11.0 Å². The van der Waals surface area contributed by atoms with Gasteiger partial charge in [-0.25, -0.2) is 16.8 Å². The molecule has 0 unspecified atom stereocenters. The Kier molecular flexibility index (Phi) is 6.48. The summed E-state index contributed by atoms with van der Waals surface area (Å²) in [5, 5.41) is 2.78. The molecule has 31 heavy (non-hydrogen) atoms. The molecule has 7 nitrogen and oxygen atoms in total. The Balaban J connectivity index is 1.84. The predicted octanol–water partition coefficient (Wildman–Crippen LogP) is 3.08. The summed E-state index contributed by atoms with van der Waals surface area (Å²) < 4.78 is 50.9. The average molecular weight is 465 g/mol. The number of anilines is 1. The summed E-state index contributed by atoms with van der Waals surface area (Å²) >= 11 is 0. The van der Waals surface area contributed by atoms with Crippen LogP contribution in [-0.2, 0) is 31.2 Å². The zero-order valence-corrected chi connectivity index (χ0v) is 19.6. The van der Waals surface area contributed by atoms with Crippen LogP contribution < -0.4 is 10.0 Å². The third kappa shape index (κ3) is 4.93. The third-order valence-corrected chi connectivity index (χ3v) is 8.91. The molecule has 2 N–H and O–H groups in total. The predicted molar refractivity (Wildman–Crippen MR) is 121 cm³/mol. The molecule has 1 aliphatic carbocycles. The van der Waals surface area contributed by atoms with Crippen LogP contribution in [0.3, 0.4) is 0 Å². The van der Waals surface area contributed by atoms with Crippen LogP contribution >= 0.6 is 0 Å². The molecule has 2 aromatic carbocycles. The van der Waals surface area contributed by atoms with Crippen molar-refractivity contribution >= 4 is 31.5 Å². The van der Waals surface area contributed by atoms with Crippen LogP contribution in [0.15, 0.2) is 47.4 Å². The Bertz CT molecular complexity index is 1200. The van der Waals surface area contributed by atoms with Crippen molar-refractivity contribution in [3.8, 4) is 0 Å². The molecule has 0 saturated heterocycles. The summed E-state index contributed by atoms with van der Waals surface area (Å²) in [4.78, 5) is 13.4. The lowest BCUT2D eigenvalue weighted by Gasteiger charge is -2.28. The van der Waals surface area contributed by atoms with E-state index >= 15 is 0 Å². The summed E-state index contributed by atoms with van der Waals surface area (Å²) in [5.41, 5.74) is 2.91. The molecular formula is C22H28N2O5S2. The molecule has 3 rings (SSSR count).